The fourth-order valence-electron chi connectivity index (χ4n) is 7.64. The minimum atomic E-state index is -1.29. The molecule has 0 amide bonds. The summed E-state index contributed by atoms with van der Waals surface area (Å²) in [6.07, 6.45) is -1.86. The number of ketones is 1. The molecule has 1 heterocycles. The van der Waals surface area contributed by atoms with Crippen LogP contribution in [-0.2, 0) is 33.3 Å². The molecular formula is C31H38O9. The molecule has 1 N–H and O–H groups in total. The van der Waals surface area contributed by atoms with Gasteiger partial charge in [-0.05, 0) is 48.5 Å². The summed E-state index contributed by atoms with van der Waals surface area (Å²) < 4.78 is 23.8. The molecule has 3 aliphatic carbocycles. The Kier molecular flexibility index (Phi) is 6.78. The highest BCUT2D eigenvalue weighted by atomic mass is 16.7. The van der Waals surface area contributed by atoms with Crippen LogP contribution in [0.15, 0.2) is 42.0 Å². The Hall–Kier alpha value is -3.04. The quantitative estimate of drug-likeness (QED) is 0.258. The molecule has 0 bridgehead atoms. The molecular weight excluding hydrogens is 516 g/mol. The highest BCUT2D eigenvalue weighted by Crippen LogP contribution is 2.68. The van der Waals surface area contributed by atoms with Crippen molar-refractivity contribution in [3.8, 4) is 0 Å². The number of ether oxygens (including phenoxy) is 4. The molecule has 0 unspecified atom stereocenters. The van der Waals surface area contributed by atoms with Gasteiger partial charge in [0.25, 0.3) is 0 Å². The second-order valence-electron chi connectivity index (χ2n) is 12.6. The molecule has 0 radical (unpaired) electrons. The zero-order chi connectivity index (χ0) is 29.4. The van der Waals surface area contributed by atoms with Gasteiger partial charge in [-0.25, -0.2) is 4.79 Å². The van der Waals surface area contributed by atoms with Crippen LogP contribution >= 0.6 is 0 Å². The molecule has 10 atom stereocenters. The van der Waals surface area contributed by atoms with Gasteiger partial charge < -0.3 is 24.1 Å². The summed E-state index contributed by atoms with van der Waals surface area (Å²) in [6, 6.07) is 8.51. The standard InChI is InChI=1S/C31H38O9/c1-15-13-31-27(38-19(5)33)16(2)14-30(31,40-31)26(35)17(3)24(37-18(4)32)21-22(29(21,6)7)25(23(15)34)39-28(36)20-11-9-8-10-12-20/h8-13,16-17,21-25,27,34H,14H2,1-7H3/b15-13+/t16-,17+,21-,22+,23+,24-,25-,27-,30-,31-/m0/s1. The number of fused-ring (bicyclic) bond motifs is 1. The number of Topliss-reactive ketones (excluding diaryl/α,β-unsaturated/α-hetero) is 1. The molecule has 216 valence electrons. The fourth-order valence-corrected chi connectivity index (χ4v) is 7.64. The van der Waals surface area contributed by atoms with Crippen molar-refractivity contribution in [1.29, 1.82) is 0 Å². The van der Waals surface area contributed by atoms with Gasteiger partial charge in [0.15, 0.2) is 17.0 Å². The second-order valence-corrected chi connectivity index (χ2v) is 12.6. The van der Waals surface area contributed by atoms with Crippen LogP contribution in [0.25, 0.3) is 0 Å². The molecule has 0 spiro atoms. The van der Waals surface area contributed by atoms with Gasteiger partial charge in [-0.3, -0.25) is 14.4 Å². The maximum Gasteiger partial charge on any atom is 0.338 e. The van der Waals surface area contributed by atoms with Crippen molar-refractivity contribution in [3.63, 3.8) is 0 Å². The number of rotatable bonds is 4. The summed E-state index contributed by atoms with van der Waals surface area (Å²) in [5.41, 5.74) is -2.33. The maximum absolute atomic E-state index is 14.3. The lowest BCUT2D eigenvalue weighted by atomic mass is 9.80. The number of hydrogen-bond acceptors (Lipinski definition) is 9. The molecule has 0 aromatic heterocycles. The molecule has 4 aliphatic rings. The summed E-state index contributed by atoms with van der Waals surface area (Å²) >= 11 is 0. The average molecular weight is 555 g/mol. The number of hydrogen-bond donors (Lipinski definition) is 1. The minimum absolute atomic E-state index is 0.207. The highest BCUT2D eigenvalue weighted by molar-refractivity contribution is 5.96. The van der Waals surface area contributed by atoms with Crippen LogP contribution < -0.4 is 0 Å². The Morgan fingerprint density at radius 2 is 1.55 bits per heavy atom. The van der Waals surface area contributed by atoms with Crippen LogP contribution in [0, 0.1) is 29.1 Å². The van der Waals surface area contributed by atoms with E-state index in [-0.39, 0.29) is 17.6 Å². The lowest BCUT2D eigenvalue weighted by Gasteiger charge is -2.28. The van der Waals surface area contributed by atoms with E-state index in [2.05, 4.69) is 0 Å². The summed E-state index contributed by atoms with van der Waals surface area (Å²) in [5, 5.41) is 11.8. The first-order chi connectivity index (χ1) is 18.7. The van der Waals surface area contributed by atoms with E-state index in [1.165, 1.54) is 13.8 Å². The number of aliphatic hydroxyl groups excluding tert-OH is 1. The van der Waals surface area contributed by atoms with Crippen molar-refractivity contribution < 1.29 is 43.2 Å². The van der Waals surface area contributed by atoms with Gasteiger partial charge in [-0.15, -0.1) is 0 Å². The normalized spacial score (nSPS) is 42.5. The zero-order valence-electron chi connectivity index (χ0n) is 24.0. The molecule has 1 aromatic carbocycles. The fraction of sp³-hybridized carbons (Fsp3) is 0.613. The van der Waals surface area contributed by atoms with Crippen LogP contribution in [0.1, 0.15) is 65.2 Å². The molecule has 9 heteroatoms. The average Bonchev–Trinajstić information content (AvgIpc) is 3.68. The second kappa shape index (κ2) is 9.52. The van der Waals surface area contributed by atoms with Gasteiger partial charge in [0, 0.05) is 25.7 Å². The van der Waals surface area contributed by atoms with E-state index in [0.29, 0.717) is 17.6 Å². The highest BCUT2D eigenvalue weighted by Gasteiger charge is 2.84. The summed E-state index contributed by atoms with van der Waals surface area (Å²) in [5.74, 6) is -3.63. The van der Waals surface area contributed by atoms with Gasteiger partial charge >= 0.3 is 17.9 Å². The van der Waals surface area contributed by atoms with Crippen LogP contribution in [-0.4, -0.2) is 64.4 Å². The number of carbonyl (C=O) groups is 4. The number of aliphatic hydroxyl groups is 1. The first kappa shape index (κ1) is 28.5. The van der Waals surface area contributed by atoms with Gasteiger partial charge in [-0.1, -0.05) is 45.9 Å². The van der Waals surface area contributed by atoms with Gasteiger partial charge in [-0.2, -0.15) is 0 Å². The molecule has 40 heavy (non-hydrogen) atoms. The summed E-state index contributed by atoms with van der Waals surface area (Å²) in [6.45, 7) is 11.8. The number of carbonyl (C=O) groups excluding carboxylic acids is 4. The zero-order valence-corrected chi connectivity index (χ0v) is 24.0. The van der Waals surface area contributed by atoms with E-state index in [9.17, 15) is 24.3 Å². The van der Waals surface area contributed by atoms with Crippen molar-refractivity contribution >= 4 is 23.7 Å². The number of benzene rings is 1. The Morgan fingerprint density at radius 3 is 2.15 bits per heavy atom. The lowest BCUT2D eigenvalue weighted by Crippen LogP contribution is -2.43. The van der Waals surface area contributed by atoms with Crippen LogP contribution in [0.2, 0.25) is 0 Å². The first-order valence-corrected chi connectivity index (χ1v) is 13.9. The van der Waals surface area contributed by atoms with Crippen molar-refractivity contribution in [1.82, 2.24) is 0 Å². The molecule has 1 aliphatic heterocycles. The molecule has 3 fully saturated rings. The Labute approximate surface area is 234 Å². The third kappa shape index (κ3) is 4.20. The summed E-state index contributed by atoms with van der Waals surface area (Å²) in [4.78, 5) is 51.8. The molecule has 1 aromatic rings. The number of epoxide rings is 1. The lowest BCUT2D eigenvalue weighted by molar-refractivity contribution is -0.154. The van der Waals surface area contributed by atoms with Crippen molar-refractivity contribution in [3.05, 3.63) is 47.5 Å². The minimum Gasteiger partial charge on any atom is -0.461 e. The van der Waals surface area contributed by atoms with E-state index in [1.807, 2.05) is 20.8 Å². The monoisotopic (exact) mass is 554 g/mol. The van der Waals surface area contributed by atoms with Crippen LogP contribution in [0.4, 0.5) is 0 Å². The van der Waals surface area contributed by atoms with E-state index in [1.54, 1.807) is 50.3 Å². The van der Waals surface area contributed by atoms with Crippen molar-refractivity contribution in [2.75, 3.05) is 0 Å². The molecule has 9 nitrogen and oxygen atoms in total. The van der Waals surface area contributed by atoms with Crippen molar-refractivity contribution in [2.45, 2.75) is 90.5 Å². The Balaban J connectivity index is 1.63. The largest absolute Gasteiger partial charge is 0.461 e. The van der Waals surface area contributed by atoms with E-state index in [0.717, 1.165) is 0 Å². The molecule has 5 rings (SSSR count). The van der Waals surface area contributed by atoms with Gasteiger partial charge in [0.2, 0.25) is 0 Å². The molecule has 2 saturated carbocycles. The maximum atomic E-state index is 14.3. The van der Waals surface area contributed by atoms with E-state index in [4.69, 9.17) is 18.9 Å². The van der Waals surface area contributed by atoms with E-state index < -0.39 is 70.8 Å². The predicted octanol–water partition coefficient (Wildman–Crippen LogP) is 3.42. The van der Waals surface area contributed by atoms with Crippen LogP contribution in [0.5, 0.6) is 0 Å². The van der Waals surface area contributed by atoms with Gasteiger partial charge in [0.05, 0.1) is 11.5 Å². The Bertz CT molecular complexity index is 1270. The Morgan fingerprint density at radius 1 is 0.950 bits per heavy atom. The first-order valence-electron chi connectivity index (χ1n) is 13.9. The smallest absolute Gasteiger partial charge is 0.338 e. The van der Waals surface area contributed by atoms with Crippen LogP contribution in [0.3, 0.4) is 0 Å². The molecule has 1 saturated heterocycles. The third-order valence-corrected chi connectivity index (χ3v) is 9.56. The van der Waals surface area contributed by atoms with Gasteiger partial charge in [0.1, 0.15) is 24.4 Å². The number of esters is 3. The summed E-state index contributed by atoms with van der Waals surface area (Å²) in [7, 11) is 0. The third-order valence-electron chi connectivity index (χ3n) is 9.56. The van der Waals surface area contributed by atoms with E-state index >= 15 is 0 Å². The topological polar surface area (TPSA) is 129 Å². The van der Waals surface area contributed by atoms with Crippen molar-refractivity contribution in [2.24, 2.45) is 29.1 Å². The SMILES string of the molecule is CC(=O)O[C@@H]1[C@@H]2[C@H]([C@H](OC(=O)c3ccccc3)[C@H](O)/C(C)=C/[C@@]34O[C@@]3(C[C@H](C)[C@@H]4OC(C)=O)C(=O)[C@@H]1C)C2(C)C. The predicted molar refractivity (Wildman–Crippen MR) is 142 cm³/mol.